The minimum Gasteiger partial charge on any atom is -0.489 e. The average Bonchev–Trinajstić information content (AvgIpc) is 2.44. The molecular formula is C17H21BrN2O. The van der Waals surface area contributed by atoms with Gasteiger partial charge in [0.1, 0.15) is 12.4 Å². The van der Waals surface area contributed by atoms with Gasteiger partial charge in [0.15, 0.2) is 0 Å². The summed E-state index contributed by atoms with van der Waals surface area (Å²) in [7, 11) is 0. The van der Waals surface area contributed by atoms with Gasteiger partial charge >= 0.3 is 0 Å². The summed E-state index contributed by atoms with van der Waals surface area (Å²) in [4.78, 5) is 4.01. The molecule has 0 spiro atoms. The van der Waals surface area contributed by atoms with Crippen LogP contribution in [0.4, 0.5) is 0 Å². The van der Waals surface area contributed by atoms with Crippen LogP contribution in [0.2, 0.25) is 0 Å². The number of nitrogens with zero attached hydrogens (tertiary/aromatic N) is 1. The van der Waals surface area contributed by atoms with E-state index in [-0.39, 0.29) is 5.54 Å². The van der Waals surface area contributed by atoms with Gasteiger partial charge in [0, 0.05) is 34.5 Å². The molecule has 0 saturated carbocycles. The zero-order valence-electron chi connectivity index (χ0n) is 12.7. The lowest BCUT2D eigenvalue weighted by Crippen LogP contribution is -2.35. The molecule has 112 valence electrons. The molecule has 0 bridgehead atoms. The fourth-order valence-corrected chi connectivity index (χ4v) is 2.24. The van der Waals surface area contributed by atoms with Crippen molar-refractivity contribution < 1.29 is 4.74 Å². The van der Waals surface area contributed by atoms with E-state index in [1.54, 1.807) is 12.4 Å². The number of ether oxygens (including phenoxy) is 1. The maximum absolute atomic E-state index is 5.95. The highest BCUT2D eigenvalue weighted by atomic mass is 79.9. The first-order valence-corrected chi connectivity index (χ1v) is 7.78. The van der Waals surface area contributed by atoms with Gasteiger partial charge in [-0.3, -0.25) is 4.98 Å². The molecule has 0 amide bonds. The SMILES string of the molecule is CC(C)(C)NCc1cc(Br)ccc1OCc1ccncc1. The number of nitrogens with one attached hydrogen (secondary N) is 1. The summed E-state index contributed by atoms with van der Waals surface area (Å²) in [5, 5.41) is 3.49. The minimum atomic E-state index is 0.0741. The Morgan fingerprint density at radius 1 is 1.14 bits per heavy atom. The van der Waals surface area contributed by atoms with Gasteiger partial charge in [0.2, 0.25) is 0 Å². The molecule has 1 aromatic heterocycles. The fraction of sp³-hybridized carbons (Fsp3) is 0.353. The first kappa shape index (κ1) is 16.0. The molecule has 0 atom stereocenters. The van der Waals surface area contributed by atoms with Crippen molar-refractivity contribution in [3.63, 3.8) is 0 Å². The Hall–Kier alpha value is -1.39. The monoisotopic (exact) mass is 348 g/mol. The topological polar surface area (TPSA) is 34.1 Å². The third kappa shape index (κ3) is 5.48. The molecule has 0 aliphatic carbocycles. The molecule has 1 heterocycles. The Bertz CT molecular complexity index is 579. The molecule has 0 aliphatic heterocycles. The summed E-state index contributed by atoms with van der Waals surface area (Å²) in [6.07, 6.45) is 3.56. The second-order valence-electron chi connectivity index (χ2n) is 6.00. The predicted octanol–water partition coefficient (Wildman–Crippen LogP) is 4.31. The molecule has 0 unspecified atom stereocenters. The second-order valence-corrected chi connectivity index (χ2v) is 6.92. The average molecular weight is 349 g/mol. The third-order valence-corrected chi connectivity index (χ3v) is 3.47. The van der Waals surface area contributed by atoms with Crippen LogP contribution >= 0.6 is 15.9 Å². The number of hydrogen-bond acceptors (Lipinski definition) is 3. The Labute approximate surface area is 134 Å². The van der Waals surface area contributed by atoms with Gasteiger partial charge in [-0.15, -0.1) is 0 Å². The lowest BCUT2D eigenvalue weighted by atomic mass is 10.1. The number of benzene rings is 1. The van der Waals surface area contributed by atoms with Crippen molar-refractivity contribution in [3.8, 4) is 5.75 Å². The summed E-state index contributed by atoms with van der Waals surface area (Å²) in [6, 6.07) is 10.0. The van der Waals surface area contributed by atoms with Gasteiger partial charge in [-0.2, -0.15) is 0 Å². The molecule has 4 heteroatoms. The smallest absolute Gasteiger partial charge is 0.124 e. The number of aromatic nitrogens is 1. The highest BCUT2D eigenvalue weighted by molar-refractivity contribution is 9.10. The first-order chi connectivity index (χ1) is 9.94. The van der Waals surface area contributed by atoms with Gasteiger partial charge in [-0.25, -0.2) is 0 Å². The molecule has 3 nitrogen and oxygen atoms in total. The molecule has 1 N–H and O–H groups in total. The molecular weight excluding hydrogens is 328 g/mol. The van der Waals surface area contributed by atoms with E-state index in [4.69, 9.17) is 4.74 Å². The lowest BCUT2D eigenvalue weighted by Gasteiger charge is -2.22. The summed E-state index contributed by atoms with van der Waals surface area (Å²) in [5.74, 6) is 0.909. The predicted molar refractivity (Wildman–Crippen MR) is 89.3 cm³/mol. The number of hydrogen-bond donors (Lipinski definition) is 1. The molecule has 1 aromatic carbocycles. The van der Waals surface area contributed by atoms with Crippen LogP contribution in [0.3, 0.4) is 0 Å². The second kappa shape index (κ2) is 7.05. The van der Waals surface area contributed by atoms with Gasteiger partial charge in [-0.1, -0.05) is 15.9 Å². The van der Waals surface area contributed by atoms with Gasteiger partial charge < -0.3 is 10.1 Å². The Morgan fingerprint density at radius 2 is 1.86 bits per heavy atom. The zero-order chi connectivity index (χ0) is 15.3. The molecule has 0 radical (unpaired) electrons. The Kier molecular flexibility index (Phi) is 5.37. The Balaban J connectivity index is 2.07. The Morgan fingerprint density at radius 3 is 2.52 bits per heavy atom. The van der Waals surface area contributed by atoms with Crippen LogP contribution in [0, 0.1) is 0 Å². The van der Waals surface area contributed by atoms with Crippen molar-refractivity contribution in [1.29, 1.82) is 0 Å². The van der Waals surface area contributed by atoms with Crippen LogP contribution in [-0.4, -0.2) is 10.5 Å². The van der Waals surface area contributed by atoms with E-state index in [0.29, 0.717) is 6.61 Å². The van der Waals surface area contributed by atoms with Crippen molar-refractivity contribution in [2.45, 2.75) is 39.5 Å². The van der Waals surface area contributed by atoms with Gasteiger partial charge in [0.05, 0.1) is 0 Å². The van der Waals surface area contributed by atoms with E-state index >= 15 is 0 Å². The van der Waals surface area contributed by atoms with Crippen molar-refractivity contribution in [1.82, 2.24) is 10.3 Å². The van der Waals surface area contributed by atoms with E-state index in [9.17, 15) is 0 Å². The molecule has 0 fully saturated rings. The molecule has 0 saturated heterocycles. The highest BCUT2D eigenvalue weighted by Gasteiger charge is 2.11. The highest BCUT2D eigenvalue weighted by Crippen LogP contribution is 2.24. The van der Waals surface area contributed by atoms with Gasteiger partial charge in [-0.05, 0) is 56.7 Å². The first-order valence-electron chi connectivity index (χ1n) is 6.99. The summed E-state index contributed by atoms with van der Waals surface area (Å²) < 4.78 is 7.01. The molecule has 21 heavy (non-hydrogen) atoms. The minimum absolute atomic E-state index is 0.0741. The van der Waals surface area contributed by atoms with Crippen LogP contribution < -0.4 is 10.1 Å². The summed E-state index contributed by atoms with van der Waals surface area (Å²) >= 11 is 3.52. The maximum Gasteiger partial charge on any atom is 0.124 e. The molecule has 2 rings (SSSR count). The normalized spacial score (nSPS) is 11.4. The van der Waals surface area contributed by atoms with Crippen molar-refractivity contribution in [2.75, 3.05) is 0 Å². The van der Waals surface area contributed by atoms with Crippen LogP contribution in [0.25, 0.3) is 0 Å². The molecule has 2 aromatic rings. The summed E-state index contributed by atoms with van der Waals surface area (Å²) in [5.41, 5.74) is 2.33. The van der Waals surface area contributed by atoms with Gasteiger partial charge in [0.25, 0.3) is 0 Å². The number of rotatable bonds is 5. The van der Waals surface area contributed by atoms with E-state index in [0.717, 1.165) is 27.9 Å². The quantitative estimate of drug-likeness (QED) is 0.873. The van der Waals surface area contributed by atoms with Crippen molar-refractivity contribution in [3.05, 3.63) is 58.3 Å². The summed E-state index contributed by atoms with van der Waals surface area (Å²) in [6.45, 7) is 7.79. The molecule has 0 aliphatic rings. The number of halogens is 1. The van der Waals surface area contributed by atoms with E-state index in [2.05, 4.69) is 53.1 Å². The largest absolute Gasteiger partial charge is 0.489 e. The van der Waals surface area contributed by atoms with E-state index in [1.807, 2.05) is 24.3 Å². The zero-order valence-corrected chi connectivity index (χ0v) is 14.3. The maximum atomic E-state index is 5.95. The lowest BCUT2D eigenvalue weighted by molar-refractivity contribution is 0.300. The van der Waals surface area contributed by atoms with E-state index in [1.165, 1.54) is 0 Å². The standard InChI is InChI=1S/C17H21BrN2O/c1-17(2,3)20-11-14-10-15(18)4-5-16(14)21-12-13-6-8-19-9-7-13/h4-10,20H,11-12H2,1-3H3. The fourth-order valence-electron chi connectivity index (χ4n) is 1.83. The van der Waals surface area contributed by atoms with Crippen molar-refractivity contribution >= 4 is 15.9 Å². The van der Waals surface area contributed by atoms with Crippen LogP contribution in [0.1, 0.15) is 31.9 Å². The van der Waals surface area contributed by atoms with Crippen molar-refractivity contribution in [2.24, 2.45) is 0 Å². The van der Waals surface area contributed by atoms with Crippen LogP contribution in [0.5, 0.6) is 5.75 Å². The third-order valence-electron chi connectivity index (χ3n) is 2.98. The van der Waals surface area contributed by atoms with E-state index < -0.39 is 0 Å². The van der Waals surface area contributed by atoms with Crippen LogP contribution in [0.15, 0.2) is 47.2 Å². The van der Waals surface area contributed by atoms with Crippen LogP contribution in [-0.2, 0) is 13.2 Å². The number of pyridine rings is 1.